The normalized spacial score (nSPS) is 33.7. The lowest BCUT2D eigenvalue weighted by Crippen LogP contribution is -2.71. The molecule has 9 atom stereocenters. The Balaban J connectivity index is 1.67. The number of aromatic nitrogens is 1. The highest BCUT2D eigenvalue weighted by atomic mass is 16.6. The zero-order valence-electron chi connectivity index (χ0n) is 27.2. The Labute approximate surface area is 267 Å². The van der Waals surface area contributed by atoms with Crippen LogP contribution in [0.25, 0.3) is 11.3 Å². The standard InChI is InChI=1S/C34H44N2O10/c1-7-9-21(35)30(40)45-26-15-24-32(4,12-11-25(43-19(3)38)33(24,5)17-42-18(2)37)29-28(39)27-23(46-34(26,29)6)14-22(44-31(27)41)20-10-8-13-36-16-20/h8,10,13-14,16,21,24-26,28-29,39H,7,9,11-12,15,17,35H2,1-6H3/t21?,24?,25-,26-,28-,29?,32-,33-,34+/m0/s1. The molecule has 12 heteroatoms. The van der Waals surface area contributed by atoms with Crippen LogP contribution in [0.2, 0.25) is 0 Å². The van der Waals surface area contributed by atoms with Crippen molar-refractivity contribution >= 4 is 17.9 Å². The molecule has 250 valence electrons. The van der Waals surface area contributed by atoms with E-state index in [1.54, 1.807) is 37.5 Å². The summed E-state index contributed by atoms with van der Waals surface area (Å²) in [5, 5.41) is 12.2. The lowest BCUT2D eigenvalue weighted by atomic mass is 9.42. The van der Waals surface area contributed by atoms with Gasteiger partial charge in [0, 0.05) is 49.2 Å². The van der Waals surface area contributed by atoms with Crippen LogP contribution < -0.4 is 16.1 Å². The molecule has 3 N–H and O–H groups in total. The molecule has 3 heterocycles. The molecule has 12 nitrogen and oxygen atoms in total. The minimum absolute atomic E-state index is 0.0338. The second-order valence-electron chi connectivity index (χ2n) is 13.7. The van der Waals surface area contributed by atoms with Crippen molar-refractivity contribution in [2.75, 3.05) is 6.61 Å². The summed E-state index contributed by atoms with van der Waals surface area (Å²) in [4.78, 5) is 55.4. The summed E-state index contributed by atoms with van der Waals surface area (Å²) in [7, 11) is 0. The quantitative estimate of drug-likeness (QED) is 0.315. The number of esters is 3. The molecule has 2 fully saturated rings. The lowest BCUT2D eigenvalue weighted by Gasteiger charge is -2.66. The molecular formula is C34H44N2O10. The average Bonchev–Trinajstić information content (AvgIpc) is 2.98. The van der Waals surface area contributed by atoms with Crippen molar-refractivity contribution in [1.82, 2.24) is 4.98 Å². The van der Waals surface area contributed by atoms with Crippen molar-refractivity contribution in [3.63, 3.8) is 0 Å². The van der Waals surface area contributed by atoms with Crippen LogP contribution in [0.5, 0.6) is 5.75 Å². The van der Waals surface area contributed by atoms with E-state index in [0.717, 1.165) is 0 Å². The first kappa shape index (κ1) is 33.6. The Morgan fingerprint density at radius 1 is 1.15 bits per heavy atom. The molecule has 0 amide bonds. The minimum Gasteiger partial charge on any atom is -0.482 e. The van der Waals surface area contributed by atoms with Crippen LogP contribution >= 0.6 is 0 Å². The van der Waals surface area contributed by atoms with E-state index in [9.17, 15) is 24.3 Å². The van der Waals surface area contributed by atoms with Gasteiger partial charge >= 0.3 is 23.5 Å². The number of hydrogen-bond donors (Lipinski definition) is 2. The largest absolute Gasteiger partial charge is 0.482 e. The molecule has 46 heavy (non-hydrogen) atoms. The Bertz CT molecular complexity index is 1540. The summed E-state index contributed by atoms with van der Waals surface area (Å²) in [6.45, 7) is 10.1. The maximum atomic E-state index is 13.6. The van der Waals surface area contributed by atoms with Gasteiger partial charge in [0.1, 0.15) is 47.5 Å². The number of hydrogen-bond acceptors (Lipinski definition) is 12. The van der Waals surface area contributed by atoms with E-state index >= 15 is 0 Å². The molecule has 0 spiro atoms. The maximum Gasteiger partial charge on any atom is 0.345 e. The molecule has 5 rings (SSSR count). The number of carbonyl (C=O) groups excluding carboxylic acids is 3. The Morgan fingerprint density at radius 2 is 1.89 bits per heavy atom. The Hall–Kier alpha value is -3.77. The highest BCUT2D eigenvalue weighted by Crippen LogP contribution is 2.67. The second-order valence-corrected chi connectivity index (χ2v) is 13.7. The van der Waals surface area contributed by atoms with Crippen molar-refractivity contribution in [1.29, 1.82) is 0 Å². The van der Waals surface area contributed by atoms with Crippen molar-refractivity contribution < 1.29 is 42.9 Å². The van der Waals surface area contributed by atoms with E-state index in [4.69, 9.17) is 29.1 Å². The van der Waals surface area contributed by atoms with E-state index in [1.165, 1.54) is 13.8 Å². The summed E-state index contributed by atoms with van der Waals surface area (Å²) in [5.74, 6) is -2.49. The highest BCUT2D eigenvalue weighted by molar-refractivity contribution is 5.75. The van der Waals surface area contributed by atoms with Crippen molar-refractivity contribution in [2.45, 2.75) is 104 Å². The van der Waals surface area contributed by atoms with E-state index in [2.05, 4.69) is 4.98 Å². The van der Waals surface area contributed by atoms with Crippen molar-refractivity contribution in [3.05, 3.63) is 46.6 Å². The van der Waals surface area contributed by atoms with Gasteiger partial charge in [-0.25, -0.2) is 4.79 Å². The minimum atomic E-state index is -1.38. The van der Waals surface area contributed by atoms with Crippen LogP contribution in [-0.4, -0.2) is 58.5 Å². The predicted octanol–water partition coefficient (Wildman–Crippen LogP) is 3.86. The topological polar surface area (TPSA) is 177 Å². The van der Waals surface area contributed by atoms with Gasteiger partial charge in [-0.05, 0) is 56.1 Å². The number of aliphatic hydroxyl groups excluding tert-OH is 1. The monoisotopic (exact) mass is 640 g/mol. The van der Waals surface area contributed by atoms with Gasteiger partial charge in [0.25, 0.3) is 0 Å². The Kier molecular flexibility index (Phi) is 9.09. The molecule has 2 aromatic heterocycles. The number of rotatable bonds is 8. The second kappa shape index (κ2) is 12.4. The zero-order chi connectivity index (χ0) is 33.6. The number of carbonyl (C=O) groups is 3. The lowest BCUT2D eigenvalue weighted by molar-refractivity contribution is -0.271. The van der Waals surface area contributed by atoms with Gasteiger partial charge < -0.3 is 34.2 Å². The van der Waals surface area contributed by atoms with Crippen molar-refractivity contribution in [3.8, 4) is 17.1 Å². The molecule has 0 saturated heterocycles. The summed E-state index contributed by atoms with van der Waals surface area (Å²) >= 11 is 0. The number of aliphatic hydroxyl groups is 1. The van der Waals surface area contributed by atoms with Gasteiger partial charge in [-0.2, -0.15) is 0 Å². The summed E-state index contributed by atoms with van der Waals surface area (Å²) in [6, 6.07) is 4.12. The fourth-order valence-corrected chi connectivity index (χ4v) is 8.49. The van der Waals surface area contributed by atoms with Crippen LogP contribution in [0.3, 0.4) is 0 Å². The number of nitrogens with two attached hydrogens (primary N) is 1. The van der Waals surface area contributed by atoms with Gasteiger partial charge in [-0.1, -0.05) is 27.2 Å². The average molecular weight is 641 g/mol. The molecule has 2 aromatic rings. The molecule has 3 unspecified atom stereocenters. The molecule has 1 aliphatic heterocycles. The van der Waals surface area contributed by atoms with E-state index < -0.39 is 76.2 Å². The van der Waals surface area contributed by atoms with E-state index in [-0.39, 0.29) is 30.1 Å². The first-order valence-electron chi connectivity index (χ1n) is 15.9. The molecule has 0 bridgehead atoms. The van der Waals surface area contributed by atoms with Crippen molar-refractivity contribution in [2.24, 2.45) is 28.4 Å². The molecular weight excluding hydrogens is 596 g/mol. The Morgan fingerprint density at radius 3 is 2.52 bits per heavy atom. The third-order valence-corrected chi connectivity index (χ3v) is 10.6. The van der Waals surface area contributed by atoms with E-state index in [0.29, 0.717) is 31.2 Å². The fourth-order valence-electron chi connectivity index (χ4n) is 8.49. The maximum absolute atomic E-state index is 13.6. The number of pyridine rings is 1. The number of fused-ring (bicyclic) bond motifs is 4. The molecule has 2 aliphatic carbocycles. The van der Waals surface area contributed by atoms with Gasteiger partial charge in [-0.15, -0.1) is 0 Å². The zero-order valence-corrected chi connectivity index (χ0v) is 27.2. The number of nitrogens with zero attached hydrogens (tertiary/aromatic N) is 1. The van der Waals surface area contributed by atoms with Crippen LogP contribution in [-0.2, 0) is 28.6 Å². The summed E-state index contributed by atoms with van der Waals surface area (Å²) in [5.41, 5.74) is 2.90. The van der Waals surface area contributed by atoms with Crippen LogP contribution in [0.1, 0.15) is 85.3 Å². The summed E-state index contributed by atoms with van der Waals surface area (Å²) < 4.78 is 30.0. The molecule has 2 saturated carbocycles. The van der Waals surface area contributed by atoms with Gasteiger partial charge in [0.2, 0.25) is 0 Å². The molecule has 0 radical (unpaired) electrons. The van der Waals surface area contributed by atoms with Crippen LogP contribution in [0.4, 0.5) is 0 Å². The fraction of sp³-hybridized carbons (Fsp3) is 0.618. The molecule has 0 aromatic carbocycles. The smallest absolute Gasteiger partial charge is 0.345 e. The molecule has 3 aliphatic rings. The van der Waals surface area contributed by atoms with Gasteiger partial charge in [0.05, 0.1) is 6.10 Å². The van der Waals surface area contributed by atoms with Crippen LogP contribution in [0.15, 0.2) is 39.8 Å². The van der Waals surface area contributed by atoms with Gasteiger partial charge in [-0.3, -0.25) is 19.4 Å². The highest BCUT2D eigenvalue weighted by Gasteiger charge is 2.71. The first-order valence-corrected chi connectivity index (χ1v) is 15.9. The first-order chi connectivity index (χ1) is 21.7. The summed E-state index contributed by atoms with van der Waals surface area (Å²) in [6.07, 6.45) is 2.35. The van der Waals surface area contributed by atoms with Crippen LogP contribution in [0, 0.1) is 22.7 Å². The van der Waals surface area contributed by atoms with E-state index in [1.807, 2.05) is 20.8 Å². The third-order valence-electron chi connectivity index (χ3n) is 10.6. The predicted molar refractivity (Wildman–Crippen MR) is 164 cm³/mol. The third kappa shape index (κ3) is 5.70. The van der Waals surface area contributed by atoms with Gasteiger partial charge in [0.15, 0.2) is 0 Å². The number of ether oxygens (including phenoxy) is 4. The SMILES string of the molecule is CCCC(N)C(=O)O[C@H]1CC2[C@](C)(CC[C@H](OC(C)=O)[C@@]2(C)COC(C)=O)C2[C@@H](O)c3c(cc(-c4cccnc4)oc3=O)O[C@@]21C.